The zero-order valence-electron chi connectivity index (χ0n) is 15.4. The van der Waals surface area contributed by atoms with Crippen LogP contribution in [0.3, 0.4) is 0 Å². The number of hydrogen-bond donors (Lipinski definition) is 0. The molecule has 1 fully saturated rings. The van der Waals surface area contributed by atoms with Crippen molar-refractivity contribution in [2.75, 3.05) is 39.8 Å². The summed E-state index contributed by atoms with van der Waals surface area (Å²) in [6, 6.07) is 8.49. The van der Waals surface area contributed by atoms with Crippen LogP contribution >= 0.6 is 0 Å². The Hall–Kier alpha value is -1.85. The zero-order valence-corrected chi connectivity index (χ0v) is 15.4. The Kier molecular flexibility index (Phi) is 4.08. The molecule has 2 aliphatic heterocycles. The number of benzene rings is 1. The number of ether oxygens (including phenoxy) is 1. The summed E-state index contributed by atoms with van der Waals surface area (Å²) in [7, 11) is 2.11. The molecule has 4 rings (SSSR count). The second-order valence-corrected chi connectivity index (χ2v) is 7.58. The largest absolute Gasteiger partial charge is 0.367 e. The molecule has 5 nitrogen and oxygen atoms in total. The molecular formula is C20H27N3O2. The molecule has 0 aliphatic carbocycles. The van der Waals surface area contributed by atoms with Gasteiger partial charge in [-0.1, -0.05) is 18.2 Å². The molecule has 0 bridgehead atoms. The molecule has 1 unspecified atom stereocenters. The minimum atomic E-state index is -0.554. The second kappa shape index (κ2) is 6.15. The standard InChI is InChI=1S/C20H27N3O2/c1-15-16-6-4-5-7-17(16)23-12-13-25-20(2,19(15)23)14-18(24)22-10-8-21(3)9-11-22/h4-7H,8-14H2,1-3H3. The molecule has 5 heteroatoms. The molecule has 1 atom stereocenters. The highest BCUT2D eigenvalue weighted by atomic mass is 16.5. The number of hydrogen-bond acceptors (Lipinski definition) is 3. The Balaban J connectivity index is 1.66. The molecule has 1 aromatic carbocycles. The quantitative estimate of drug-likeness (QED) is 0.842. The lowest BCUT2D eigenvalue weighted by molar-refractivity contribution is -0.143. The Morgan fingerprint density at radius 3 is 2.64 bits per heavy atom. The van der Waals surface area contributed by atoms with Crippen LogP contribution in [0.4, 0.5) is 0 Å². The number of aromatic nitrogens is 1. The Morgan fingerprint density at radius 2 is 1.88 bits per heavy atom. The van der Waals surface area contributed by atoms with E-state index in [4.69, 9.17) is 4.74 Å². The topological polar surface area (TPSA) is 37.7 Å². The lowest BCUT2D eigenvalue weighted by Gasteiger charge is -2.39. The number of carbonyl (C=O) groups is 1. The highest BCUT2D eigenvalue weighted by molar-refractivity contribution is 5.86. The maximum Gasteiger partial charge on any atom is 0.225 e. The molecule has 1 amide bonds. The van der Waals surface area contributed by atoms with E-state index in [9.17, 15) is 4.79 Å². The van der Waals surface area contributed by atoms with Crippen LogP contribution in [0.1, 0.15) is 24.6 Å². The van der Waals surface area contributed by atoms with Crippen LogP contribution in [0.25, 0.3) is 10.9 Å². The number of fused-ring (bicyclic) bond motifs is 3. The summed E-state index contributed by atoms with van der Waals surface area (Å²) in [5.41, 5.74) is 3.10. The Bertz CT molecular complexity index is 805. The number of nitrogens with zero attached hydrogens (tertiary/aromatic N) is 3. The van der Waals surface area contributed by atoms with Crippen molar-refractivity contribution in [1.29, 1.82) is 0 Å². The highest BCUT2D eigenvalue weighted by Gasteiger charge is 2.40. The summed E-state index contributed by atoms with van der Waals surface area (Å²) >= 11 is 0. The fraction of sp³-hybridized carbons (Fsp3) is 0.550. The molecule has 2 aliphatic rings. The van der Waals surface area contributed by atoms with Crippen molar-refractivity contribution < 1.29 is 9.53 Å². The molecule has 0 N–H and O–H groups in total. The van der Waals surface area contributed by atoms with Gasteiger partial charge in [0.2, 0.25) is 5.91 Å². The summed E-state index contributed by atoms with van der Waals surface area (Å²) < 4.78 is 8.56. The van der Waals surface area contributed by atoms with E-state index < -0.39 is 5.60 Å². The number of amides is 1. The maximum absolute atomic E-state index is 12.9. The first-order valence-corrected chi connectivity index (χ1v) is 9.18. The van der Waals surface area contributed by atoms with E-state index in [1.807, 2.05) is 4.90 Å². The van der Waals surface area contributed by atoms with Crippen molar-refractivity contribution in [3.8, 4) is 0 Å². The molecule has 3 heterocycles. The SMILES string of the molecule is Cc1c2n(c3ccccc13)CCOC2(C)CC(=O)N1CCN(C)CC1. The summed E-state index contributed by atoms with van der Waals surface area (Å²) in [5, 5.41) is 1.27. The number of rotatable bonds is 2. The Labute approximate surface area is 149 Å². The van der Waals surface area contributed by atoms with Crippen LogP contribution in [0.2, 0.25) is 0 Å². The van der Waals surface area contributed by atoms with Gasteiger partial charge in [-0.2, -0.15) is 0 Å². The smallest absolute Gasteiger partial charge is 0.225 e. The first kappa shape index (κ1) is 16.6. The average Bonchev–Trinajstić information content (AvgIpc) is 2.90. The molecule has 2 aromatic rings. The monoisotopic (exact) mass is 341 g/mol. The summed E-state index contributed by atoms with van der Waals surface area (Å²) in [5.74, 6) is 0.203. The van der Waals surface area contributed by atoms with Gasteiger partial charge in [0.1, 0.15) is 5.60 Å². The summed E-state index contributed by atoms with van der Waals surface area (Å²) in [6.45, 7) is 9.25. The Morgan fingerprint density at radius 1 is 1.16 bits per heavy atom. The third-order valence-corrected chi connectivity index (χ3v) is 5.80. The molecule has 1 aromatic heterocycles. The lowest BCUT2D eigenvalue weighted by atomic mass is 9.92. The third-order valence-electron chi connectivity index (χ3n) is 5.80. The van der Waals surface area contributed by atoms with E-state index in [1.165, 1.54) is 22.2 Å². The fourth-order valence-electron chi connectivity index (χ4n) is 4.41. The van der Waals surface area contributed by atoms with Gasteiger partial charge in [0, 0.05) is 43.6 Å². The first-order valence-electron chi connectivity index (χ1n) is 9.18. The van der Waals surface area contributed by atoms with Crippen molar-refractivity contribution >= 4 is 16.8 Å². The van der Waals surface area contributed by atoms with Gasteiger partial charge in [-0.05, 0) is 32.5 Å². The molecular weight excluding hydrogens is 314 g/mol. The minimum Gasteiger partial charge on any atom is -0.367 e. The second-order valence-electron chi connectivity index (χ2n) is 7.58. The maximum atomic E-state index is 12.9. The van der Waals surface area contributed by atoms with Crippen LogP contribution in [0.5, 0.6) is 0 Å². The lowest BCUT2D eigenvalue weighted by Crippen LogP contribution is -2.49. The van der Waals surface area contributed by atoms with Crippen LogP contribution < -0.4 is 0 Å². The number of carbonyl (C=O) groups excluding carboxylic acids is 1. The van der Waals surface area contributed by atoms with Crippen molar-refractivity contribution in [2.24, 2.45) is 0 Å². The number of likely N-dealkylation sites (N-methyl/N-ethyl adjacent to an activating group) is 1. The summed E-state index contributed by atoms with van der Waals surface area (Å²) in [4.78, 5) is 17.2. The van der Waals surface area contributed by atoms with Crippen molar-refractivity contribution in [3.63, 3.8) is 0 Å². The van der Waals surface area contributed by atoms with E-state index in [1.54, 1.807) is 0 Å². The van der Waals surface area contributed by atoms with Crippen LogP contribution in [0, 0.1) is 6.92 Å². The highest BCUT2D eigenvalue weighted by Crippen LogP contribution is 2.40. The number of para-hydroxylation sites is 1. The van der Waals surface area contributed by atoms with Crippen LogP contribution in [0.15, 0.2) is 24.3 Å². The molecule has 0 spiro atoms. The fourth-order valence-corrected chi connectivity index (χ4v) is 4.41. The van der Waals surface area contributed by atoms with Gasteiger partial charge >= 0.3 is 0 Å². The zero-order chi connectivity index (χ0) is 17.6. The van der Waals surface area contributed by atoms with Gasteiger partial charge in [-0.15, -0.1) is 0 Å². The predicted octanol–water partition coefficient (Wildman–Crippen LogP) is 2.36. The minimum absolute atomic E-state index is 0.203. The van der Waals surface area contributed by atoms with Gasteiger partial charge in [0.25, 0.3) is 0 Å². The predicted molar refractivity (Wildman–Crippen MR) is 98.7 cm³/mol. The van der Waals surface area contributed by atoms with E-state index in [0.717, 1.165) is 32.7 Å². The van der Waals surface area contributed by atoms with Gasteiger partial charge < -0.3 is 19.1 Å². The molecule has 1 saturated heterocycles. The first-order chi connectivity index (χ1) is 12.0. The molecule has 0 saturated carbocycles. The van der Waals surface area contributed by atoms with Gasteiger partial charge in [0.15, 0.2) is 0 Å². The molecule has 134 valence electrons. The van der Waals surface area contributed by atoms with Crippen molar-refractivity contribution in [3.05, 3.63) is 35.5 Å². The van der Waals surface area contributed by atoms with E-state index in [-0.39, 0.29) is 5.91 Å². The van der Waals surface area contributed by atoms with Gasteiger partial charge in [0.05, 0.1) is 18.7 Å². The molecule has 0 radical (unpaired) electrons. The van der Waals surface area contributed by atoms with E-state index >= 15 is 0 Å². The van der Waals surface area contributed by atoms with Gasteiger partial charge in [-0.3, -0.25) is 4.79 Å². The molecule has 25 heavy (non-hydrogen) atoms. The third kappa shape index (κ3) is 2.75. The van der Waals surface area contributed by atoms with E-state index in [2.05, 4.69) is 54.6 Å². The van der Waals surface area contributed by atoms with E-state index in [0.29, 0.717) is 13.0 Å². The number of piperazine rings is 1. The number of aryl methyl sites for hydroxylation is 1. The van der Waals surface area contributed by atoms with Crippen LogP contribution in [-0.2, 0) is 21.7 Å². The average molecular weight is 341 g/mol. The van der Waals surface area contributed by atoms with Crippen molar-refractivity contribution in [2.45, 2.75) is 32.4 Å². The van der Waals surface area contributed by atoms with Crippen molar-refractivity contribution in [1.82, 2.24) is 14.4 Å². The summed E-state index contributed by atoms with van der Waals surface area (Å²) in [6.07, 6.45) is 0.411. The normalized spacial score (nSPS) is 24.5. The van der Waals surface area contributed by atoms with Crippen LogP contribution in [-0.4, -0.2) is 60.1 Å². The van der Waals surface area contributed by atoms with Gasteiger partial charge in [-0.25, -0.2) is 0 Å².